The fraction of sp³-hybridized carbons (Fsp3) is 0.421. The standard InChI is InChI=1S/C19H23NO3S2/c1-4-23-17(21)6-5-11-20-18(22)16(25-19(20)24)12-14-7-9-15(10-8-14)13(2)3/h7-10,12-13H,4-6,11H2,1-3H3/b16-12-. The minimum Gasteiger partial charge on any atom is -0.466 e. The lowest BCUT2D eigenvalue weighted by molar-refractivity contribution is -0.143. The van der Waals surface area contributed by atoms with E-state index in [0.29, 0.717) is 41.1 Å². The molecule has 0 radical (unpaired) electrons. The van der Waals surface area contributed by atoms with E-state index in [1.165, 1.54) is 17.3 Å². The largest absolute Gasteiger partial charge is 0.466 e. The zero-order valence-electron chi connectivity index (χ0n) is 14.8. The highest BCUT2D eigenvalue weighted by atomic mass is 32.2. The molecule has 1 heterocycles. The molecule has 25 heavy (non-hydrogen) atoms. The Morgan fingerprint density at radius 3 is 2.60 bits per heavy atom. The van der Waals surface area contributed by atoms with Gasteiger partial charge >= 0.3 is 5.97 Å². The van der Waals surface area contributed by atoms with E-state index in [4.69, 9.17) is 17.0 Å². The molecule has 6 heteroatoms. The van der Waals surface area contributed by atoms with E-state index < -0.39 is 0 Å². The molecule has 0 N–H and O–H groups in total. The van der Waals surface area contributed by atoms with Crippen LogP contribution in [-0.2, 0) is 14.3 Å². The molecule has 0 atom stereocenters. The molecule has 0 bridgehead atoms. The highest BCUT2D eigenvalue weighted by Gasteiger charge is 2.31. The minimum absolute atomic E-state index is 0.0909. The third-order valence-corrected chi connectivity index (χ3v) is 5.22. The number of hydrogen-bond acceptors (Lipinski definition) is 5. The second-order valence-electron chi connectivity index (χ2n) is 6.06. The number of esters is 1. The van der Waals surface area contributed by atoms with Crippen molar-refractivity contribution in [3.63, 3.8) is 0 Å². The van der Waals surface area contributed by atoms with Crippen LogP contribution in [-0.4, -0.2) is 34.2 Å². The summed E-state index contributed by atoms with van der Waals surface area (Å²) in [6.07, 6.45) is 2.71. The van der Waals surface area contributed by atoms with Crippen molar-refractivity contribution in [1.82, 2.24) is 4.90 Å². The molecule has 0 aromatic heterocycles. The van der Waals surface area contributed by atoms with Gasteiger partial charge in [0.25, 0.3) is 5.91 Å². The lowest BCUT2D eigenvalue weighted by atomic mass is 10.0. The number of carbonyl (C=O) groups excluding carboxylic acids is 2. The first-order chi connectivity index (χ1) is 11.9. The molecule has 0 unspecified atom stereocenters. The van der Waals surface area contributed by atoms with Crippen LogP contribution in [0.25, 0.3) is 6.08 Å². The topological polar surface area (TPSA) is 46.6 Å². The summed E-state index contributed by atoms with van der Waals surface area (Å²) < 4.78 is 5.44. The maximum absolute atomic E-state index is 12.5. The summed E-state index contributed by atoms with van der Waals surface area (Å²) in [7, 11) is 0. The van der Waals surface area contributed by atoms with E-state index in [2.05, 4.69) is 26.0 Å². The van der Waals surface area contributed by atoms with Crippen molar-refractivity contribution in [3.05, 3.63) is 40.3 Å². The average molecular weight is 378 g/mol. The Hall–Kier alpha value is -1.66. The van der Waals surface area contributed by atoms with Crippen LogP contribution in [0.2, 0.25) is 0 Å². The van der Waals surface area contributed by atoms with Gasteiger partial charge in [0.15, 0.2) is 0 Å². The molecule has 1 aromatic rings. The summed E-state index contributed by atoms with van der Waals surface area (Å²) in [6, 6.07) is 8.19. The summed E-state index contributed by atoms with van der Waals surface area (Å²) in [5.41, 5.74) is 2.25. The number of thiocarbonyl (C=S) groups is 1. The Kier molecular flexibility index (Phi) is 7.20. The summed E-state index contributed by atoms with van der Waals surface area (Å²) in [6.45, 7) is 6.89. The van der Waals surface area contributed by atoms with Gasteiger partial charge in [-0.3, -0.25) is 14.5 Å². The van der Waals surface area contributed by atoms with Gasteiger partial charge in [-0.05, 0) is 36.5 Å². The molecule has 0 spiro atoms. The number of benzene rings is 1. The fourth-order valence-electron chi connectivity index (χ4n) is 2.44. The molecular formula is C19H23NO3S2. The van der Waals surface area contributed by atoms with E-state index in [1.54, 1.807) is 11.8 Å². The van der Waals surface area contributed by atoms with E-state index in [1.807, 2.05) is 18.2 Å². The van der Waals surface area contributed by atoms with Crippen LogP contribution in [0.5, 0.6) is 0 Å². The van der Waals surface area contributed by atoms with Crippen LogP contribution in [0, 0.1) is 0 Å². The molecule has 1 aliphatic heterocycles. The van der Waals surface area contributed by atoms with Crippen molar-refractivity contribution >= 4 is 46.3 Å². The zero-order valence-corrected chi connectivity index (χ0v) is 16.4. The van der Waals surface area contributed by atoms with Crippen molar-refractivity contribution in [1.29, 1.82) is 0 Å². The van der Waals surface area contributed by atoms with Crippen LogP contribution in [0.3, 0.4) is 0 Å². The van der Waals surface area contributed by atoms with Gasteiger partial charge in [0.05, 0.1) is 11.5 Å². The number of nitrogens with zero attached hydrogens (tertiary/aromatic N) is 1. The van der Waals surface area contributed by atoms with Crippen molar-refractivity contribution in [2.24, 2.45) is 0 Å². The van der Waals surface area contributed by atoms with Crippen LogP contribution in [0.4, 0.5) is 0 Å². The molecular weight excluding hydrogens is 354 g/mol. The number of amides is 1. The molecule has 1 saturated heterocycles. The molecule has 1 fully saturated rings. The number of carbonyl (C=O) groups is 2. The Labute approximate surface area is 158 Å². The molecule has 1 aliphatic rings. The maximum Gasteiger partial charge on any atom is 0.305 e. The predicted molar refractivity (Wildman–Crippen MR) is 106 cm³/mol. The third-order valence-electron chi connectivity index (χ3n) is 3.84. The summed E-state index contributed by atoms with van der Waals surface area (Å²) in [4.78, 5) is 26.1. The monoisotopic (exact) mass is 377 g/mol. The maximum atomic E-state index is 12.5. The van der Waals surface area contributed by atoms with Crippen LogP contribution in [0.1, 0.15) is 50.7 Å². The van der Waals surface area contributed by atoms with Crippen LogP contribution in [0.15, 0.2) is 29.2 Å². The molecule has 134 valence electrons. The summed E-state index contributed by atoms with van der Waals surface area (Å²) in [5.74, 6) is 0.146. The number of thioether (sulfide) groups is 1. The quantitative estimate of drug-likeness (QED) is 0.401. The van der Waals surface area contributed by atoms with Crippen molar-refractivity contribution in [3.8, 4) is 0 Å². The number of ether oxygens (including phenoxy) is 1. The predicted octanol–water partition coefficient (Wildman–Crippen LogP) is 4.35. The smallest absolute Gasteiger partial charge is 0.305 e. The van der Waals surface area contributed by atoms with Gasteiger partial charge in [-0.25, -0.2) is 0 Å². The van der Waals surface area contributed by atoms with Gasteiger partial charge in [-0.2, -0.15) is 0 Å². The molecule has 1 amide bonds. The second-order valence-corrected chi connectivity index (χ2v) is 7.74. The van der Waals surface area contributed by atoms with Gasteiger partial charge in [-0.1, -0.05) is 62.1 Å². The molecule has 2 rings (SSSR count). The van der Waals surface area contributed by atoms with Gasteiger partial charge in [0.1, 0.15) is 4.32 Å². The first-order valence-corrected chi connectivity index (χ1v) is 9.65. The fourth-order valence-corrected chi connectivity index (χ4v) is 3.74. The van der Waals surface area contributed by atoms with Gasteiger partial charge in [0, 0.05) is 13.0 Å². The Bertz CT molecular complexity index is 680. The van der Waals surface area contributed by atoms with Crippen molar-refractivity contribution in [2.75, 3.05) is 13.2 Å². The van der Waals surface area contributed by atoms with Gasteiger partial charge in [0.2, 0.25) is 0 Å². The van der Waals surface area contributed by atoms with Gasteiger partial charge < -0.3 is 4.74 Å². The SMILES string of the molecule is CCOC(=O)CCCN1C(=O)/C(=C/c2ccc(C(C)C)cc2)SC1=S. The Morgan fingerprint density at radius 2 is 2.00 bits per heavy atom. The summed E-state index contributed by atoms with van der Waals surface area (Å²) >= 11 is 6.62. The van der Waals surface area contributed by atoms with Crippen molar-refractivity contribution < 1.29 is 14.3 Å². The van der Waals surface area contributed by atoms with E-state index >= 15 is 0 Å². The first-order valence-electron chi connectivity index (χ1n) is 8.43. The zero-order chi connectivity index (χ0) is 18.4. The lowest BCUT2D eigenvalue weighted by Gasteiger charge is -2.13. The second kappa shape index (κ2) is 9.15. The van der Waals surface area contributed by atoms with E-state index in [0.717, 1.165) is 5.56 Å². The minimum atomic E-state index is -0.242. The molecule has 0 aliphatic carbocycles. The van der Waals surface area contributed by atoms with E-state index in [9.17, 15) is 9.59 Å². The Morgan fingerprint density at radius 1 is 1.32 bits per heavy atom. The van der Waals surface area contributed by atoms with Crippen LogP contribution >= 0.6 is 24.0 Å². The van der Waals surface area contributed by atoms with E-state index in [-0.39, 0.29) is 11.9 Å². The summed E-state index contributed by atoms with van der Waals surface area (Å²) in [5, 5.41) is 0. The molecule has 4 nitrogen and oxygen atoms in total. The number of hydrogen-bond donors (Lipinski definition) is 0. The first kappa shape index (κ1) is 19.7. The average Bonchev–Trinajstić information content (AvgIpc) is 2.83. The normalized spacial score (nSPS) is 16.2. The lowest BCUT2D eigenvalue weighted by Crippen LogP contribution is -2.29. The molecule has 0 saturated carbocycles. The van der Waals surface area contributed by atoms with Crippen LogP contribution < -0.4 is 0 Å². The Balaban J connectivity index is 1.98. The highest BCUT2D eigenvalue weighted by Crippen LogP contribution is 2.32. The van der Waals surface area contributed by atoms with Gasteiger partial charge in [-0.15, -0.1) is 0 Å². The van der Waals surface area contributed by atoms with Crippen molar-refractivity contribution in [2.45, 2.75) is 39.5 Å². The highest BCUT2D eigenvalue weighted by molar-refractivity contribution is 8.26. The third kappa shape index (κ3) is 5.41. The molecule has 1 aromatic carbocycles. The number of rotatable bonds is 7.